The molecular weight excluding hydrogens is 257 g/mol. The summed E-state index contributed by atoms with van der Waals surface area (Å²) in [6.07, 6.45) is 7.57. The molecule has 0 aliphatic heterocycles. The van der Waals surface area contributed by atoms with E-state index < -0.39 is 5.54 Å². The zero-order valence-corrected chi connectivity index (χ0v) is 11.4. The first-order valence-electron chi connectivity index (χ1n) is 7.25. The first-order chi connectivity index (χ1) is 9.73. The Morgan fingerprint density at radius 3 is 2.75 bits per heavy atom. The van der Waals surface area contributed by atoms with Crippen LogP contribution in [0.4, 0.5) is 4.39 Å². The van der Waals surface area contributed by atoms with Crippen molar-refractivity contribution in [3.8, 4) is 5.75 Å². The number of benzene rings is 1. The van der Waals surface area contributed by atoms with Gasteiger partial charge in [0.2, 0.25) is 6.08 Å². The van der Waals surface area contributed by atoms with Crippen LogP contribution in [0.1, 0.15) is 44.1 Å². The molecule has 0 heterocycles. The van der Waals surface area contributed by atoms with Crippen LogP contribution in [0.2, 0.25) is 0 Å². The molecule has 1 aromatic carbocycles. The SMILES string of the molecule is O=C=NC1(c2cc(F)ccc2OCC2CC2)CCCC1. The largest absolute Gasteiger partial charge is 0.493 e. The van der Waals surface area contributed by atoms with Crippen molar-refractivity contribution < 1.29 is 13.9 Å². The molecule has 2 saturated carbocycles. The molecule has 106 valence electrons. The molecule has 20 heavy (non-hydrogen) atoms. The third-order valence-corrected chi connectivity index (χ3v) is 4.30. The van der Waals surface area contributed by atoms with E-state index in [9.17, 15) is 9.18 Å². The molecule has 4 heteroatoms. The van der Waals surface area contributed by atoms with Crippen LogP contribution >= 0.6 is 0 Å². The third kappa shape index (κ3) is 2.61. The maximum atomic E-state index is 13.6. The van der Waals surface area contributed by atoms with Crippen LogP contribution in [0.25, 0.3) is 0 Å². The van der Waals surface area contributed by atoms with Crippen molar-refractivity contribution in [2.75, 3.05) is 6.61 Å². The summed E-state index contributed by atoms with van der Waals surface area (Å²) in [5.41, 5.74) is 0.0712. The van der Waals surface area contributed by atoms with Gasteiger partial charge in [-0.3, -0.25) is 0 Å². The number of carbonyl (C=O) groups excluding carboxylic acids is 1. The number of ether oxygens (including phenoxy) is 1. The van der Waals surface area contributed by atoms with Crippen molar-refractivity contribution in [3.05, 3.63) is 29.6 Å². The summed E-state index contributed by atoms with van der Waals surface area (Å²) in [7, 11) is 0. The Morgan fingerprint density at radius 1 is 1.35 bits per heavy atom. The standard InChI is InChI=1S/C16H18FNO2/c17-13-5-6-15(20-10-12-3-4-12)14(9-13)16(18-11-19)7-1-2-8-16/h5-6,9,12H,1-4,7-8,10H2. The van der Waals surface area contributed by atoms with Gasteiger partial charge >= 0.3 is 0 Å². The Labute approximate surface area is 117 Å². The molecule has 0 unspecified atom stereocenters. The van der Waals surface area contributed by atoms with E-state index in [0.29, 0.717) is 23.8 Å². The number of isocyanates is 1. The molecular formula is C16H18FNO2. The molecule has 0 amide bonds. The van der Waals surface area contributed by atoms with Crippen LogP contribution in [0.15, 0.2) is 23.2 Å². The van der Waals surface area contributed by atoms with Crippen LogP contribution < -0.4 is 4.74 Å². The lowest BCUT2D eigenvalue weighted by atomic mass is 9.88. The number of hydrogen-bond acceptors (Lipinski definition) is 3. The minimum atomic E-state index is -0.636. The molecule has 0 spiro atoms. The van der Waals surface area contributed by atoms with Crippen molar-refractivity contribution in [3.63, 3.8) is 0 Å². The molecule has 0 radical (unpaired) electrons. The van der Waals surface area contributed by atoms with Gasteiger partial charge in [0.15, 0.2) is 0 Å². The Hall–Kier alpha value is -1.67. The van der Waals surface area contributed by atoms with Crippen LogP contribution in [0.5, 0.6) is 5.75 Å². The highest BCUT2D eigenvalue weighted by molar-refractivity contribution is 5.45. The molecule has 0 saturated heterocycles. The molecule has 2 aliphatic carbocycles. The zero-order valence-electron chi connectivity index (χ0n) is 11.4. The minimum absolute atomic E-state index is 0.314. The van der Waals surface area contributed by atoms with E-state index >= 15 is 0 Å². The molecule has 2 fully saturated rings. The third-order valence-electron chi connectivity index (χ3n) is 4.30. The fourth-order valence-electron chi connectivity index (χ4n) is 2.97. The predicted octanol–water partition coefficient (Wildman–Crippen LogP) is 3.72. The van der Waals surface area contributed by atoms with Crippen molar-refractivity contribution in [1.82, 2.24) is 0 Å². The van der Waals surface area contributed by atoms with E-state index in [0.717, 1.165) is 25.7 Å². The Kier molecular flexibility index (Phi) is 3.58. The van der Waals surface area contributed by atoms with Crippen molar-refractivity contribution in [2.24, 2.45) is 10.9 Å². The van der Waals surface area contributed by atoms with Crippen LogP contribution in [-0.4, -0.2) is 12.7 Å². The van der Waals surface area contributed by atoms with Gasteiger partial charge in [-0.15, -0.1) is 0 Å². The fourth-order valence-corrected chi connectivity index (χ4v) is 2.97. The number of aliphatic imine (C=N–C) groups is 1. The van der Waals surface area contributed by atoms with Crippen LogP contribution in [-0.2, 0) is 10.3 Å². The molecule has 0 atom stereocenters. The Bertz CT molecular complexity index is 541. The lowest BCUT2D eigenvalue weighted by Gasteiger charge is -2.25. The molecule has 1 aromatic rings. The summed E-state index contributed by atoms with van der Waals surface area (Å²) in [6.45, 7) is 0.666. The van der Waals surface area contributed by atoms with E-state index in [4.69, 9.17) is 4.74 Å². The van der Waals surface area contributed by atoms with Crippen molar-refractivity contribution >= 4 is 6.08 Å². The maximum absolute atomic E-state index is 13.6. The minimum Gasteiger partial charge on any atom is -0.493 e. The number of halogens is 1. The first kappa shape index (κ1) is 13.3. The second-order valence-electron chi connectivity index (χ2n) is 5.84. The second-order valence-corrected chi connectivity index (χ2v) is 5.84. The second kappa shape index (κ2) is 5.37. The lowest BCUT2D eigenvalue weighted by Crippen LogP contribution is -2.21. The predicted molar refractivity (Wildman–Crippen MR) is 72.9 cm³/mol. The van der Waals surface area contributed by atoms with Crippen molar-refractivity contribution in [1.29, 1.82) is 0 Å². The van der Waals surface area contributed by atoms with E-state index in [1.807, 2.05) is 0 Å². The van der Waals surface area contributed by atoms with Gasteiger partial charge in [0.1, 0.15) is 17.1 Å². The van der Waals surface area contributed by atoms with Gasteiger partial charge in [0.05, 0.1) is 6.61 Å². The maximum Gasteiger partial charge on any atom is 0.235 e. The Morgan fingerprint density at radius 2 is 2.10 bits per heavy atom. The quantitative estimate of drug-likeness (QED) is 0.607. The molecule has 0 N–H and O–H groups in total. The van der Waals surface area contributed by atoms with Gasteiger partial charge in [0, 0.05) is 5.56 Å². The monoisotopic (exact) mass is 275 g/mol. The molecule has 3 nitrogen and oxygen atoms in total. The van der Waals surface area contributed by atoms with E-state index in [1.165, 1.54) is 25.0 Å². The summed E-state index contributed by atoms with van der Waals surface area (Å²) in [4.78, 5) is 14.8. The molecule has 0 bridgehead atoms. The average Bonchev–Trinajstić information content (AvgIpc) is 3.16. The van der Waals surface area contributed by atoms with Crippen LogP contribution in [0, 0.1) is 11.7 Å². The lowest BCUT2D eigenvalue weighted by molar-refractivity contribution is 0.287. The highest BCUT2D eigenvalue weighted by Gasteiger charge is 2.38. The highest BCUT2D eigenvalue weighted by Crippen LogP contribution is 2.46. The molecule has 3 rings (SSSR count). The Balaban J connectivity index is 1.95. The van der Waals surface area contributed by atoms with Gasteiger partial charge < -0.3 is 4.74 Å². The topological polar surface area (TPSA) is 38.7 Å². The van der Waals surface area contributed by atoms with Crippen molar-refractivity contribution in [2.45, 2.75) is 44.1 Å². The van der Waals surface area contributed by atoms with Crippen LogP contribution in [0.3, 0.4) is 0 Å². The summed E-state index contributed by atoms with van der Waals surface area (Å²) >= 11 is 0. The highest BCUT2D eigenvalue weighted by atomic mass is 19.1. The number of rotatable bonds is 5. The fraction of sp³-hybridized carbons (Fsp3) is 0.562. The van der Waals surface area contributed by atoms with E-state index in [-0.39, 0.29) is 5.82 Å². The van der Waals surface area contributed by atoms with Gasteiger partial charge in [-0.2, -0.15) is 4.99 Å². The number of hydrogen-bond donors (Lipinski definition) is 0. The molecule has 2 aliphatic rings. The smallest absolute Gasteiger partial charge is 0.235 e. The normalized spacial score (nSPS) is 20.4. The first-order valence-corrected chi connectivity index (χ1v) is 7.25. The van der Waals surface area contributed by atoms with Gasteiger partial charge in [0.25, 0.3) is 0 Å². The van der Waals surface area contributed by atoms with Gasteiger partial charge in [-0.25, -0.2) is 9.18 Å². The molecule has 0 aromatic heterocycles. The van der Waals surface area contributed by atoms with E-state index in [2.05, 4.69) is 4.99 Å². The summed E-state index contributed by atoms with van der Waals surface area (Å²) in [5.74, 6) is 0.979. The van der Waals surface area contributed by atoms with Gasteiger partial charge in [-0.1, -0.05) is 12.8 Å². The van der Waals surface area contributed by atoms with E-state index in [1.54, 1.807) is 12.1 Å². The average molecular weight is 275 g/mol. The zero-order chi connectivity index (χ0) is 14.0. The number of nitrogens with zero attached hydrogens (tertiary/aromatic N) is 1. The summed E-state index contributed by atoms with van der Waals surface area (Å²) in [6, 6.07) is 4.53. The van der Waals surface area contributed by atoms with Gasteiger partial charge in [-0.05, 0) is 49.8 Å². The summed E-state index contributed by atoms with van der Waals surface area (Å²) in [5, 5.41) is 0. The summed E-state index contributed by atoms with van der Waals surface area (Å²) < 4.78 is 19.5.